The fourth-order valence-electron chi connectivity index (χ4n) is 10.8. The Hall–Kier alpha value is -8.62. The number of benzene rings is 1. The monoisotopic (exact) mass is 1040 g/mol. The lowest BCUT2D eigenvalue weighted by molar-refractivity contribution is -0.542. The van der Waals surface area contributed by atoms with Crippen molar-refractivity contribution in [2.45, 2.75) is 110 Å². The minimum atomic E-state index is -6.23. The van der Waals surface area contributed by atoms with Crippen LogP contribution in [0.1, 0.15) is 68.6 Å². The van der Waals surface area contributed by atoms with E-state index in [1.807, 2.05) is 0 Å². The normalized spacial score (nSPS) is 22.9. The van der Waals surface area contributed by atoms with E-state index in [0.29, 0.717) is 12.6 Å². The van der Waals surface area contributed by atoms with Crippen LogP contribution in [-0.4, -0.2) is 177 Å². The molecular weight excluding hydrogens is 994 g/mol. The summed E-state index contributed by atoms with van der Waals surface area (Å²) >= 11 is 0. The number of hydrogen-bond acceptors (Lipinski definition) is 23. The standard InChI is InChI=1S/C39H41NO32/c1-3-9-35(63-23(41)42,18-7-6-17-13-19-34(61)10-8-15(2)22-33(34,20(17)21(18)62-22)11-12-40(19)14-16-4-5-16)36(64-24(43)44,65-25(45)46)37(66-26(47)48,67-27(49)50)38(68-28(51)52,69-29(53)54)39(70-30(55)56,71-31(57)58)72-32(59)60/h6-7,16,19,22,61H,2-5,8-14H2,1H3,(H,41,42)(H,43,44)(H,45,46)(H,47,48)(H,49,50)(H,51,52)(H,53,54)(H,55,56)(H,57,58)(H,59,60)/t19?,22-,33-,34+,35?/m0/s1. The number of carbonyl (C=O) groups is 10. The number of carboxylic acid groups (broad SMARTS) is 10. The molecular formula is C39H41NO32. The van der Waals surface area contributed by atoms with Crippen molar-refractivity contribution in [3.05, 3.63) is 41.0 Å². The smallest absolute Gasteiger partial charge is 0.484 e. The van der Waals surface area contributed by atoms with E-state index >= 15 is 0 Å². The minimum absolute atomic E-state index is 0.0248. The van der Waals surface area contributed by atoms with Gasteiger partial charge in [-0.05, 0) is 68.5 Å². The Bertz CT molecular complexity index is 2410. The van der Waals surface area contributed by atoms with Crippen molar-refractivity contribution in [1.82, 2.24) is 4.90 Å². The lowest BCUT2D eigenvalue weighted by Gasteiger charge is -2.63. The van der Waals surface area contributed by atoms with Crippen molar-refractivity contribution in [1.29, 1.82) is 0 Å². The van der Waals surface area contributed by atoms with E-state index in [9.17, 15) is 104 Å². The Labute approximate surface area is 398 Å². The Morgan fingerprint density at radius 2 is 1.08 bits per heavy atom. The molecule has 2 bridgehead atoms. The second-order valence-corrected chi connectivity index (χ2v) is 16.6. The molecule has 3 fully saturated rings. The summed E-state index contributed by atoms with van der Waals surface area (Å²) in [5.74, 6) is -24.6. The van der Waals surface area contributed by atoms with Gasteiger partial charge in [-0.3, -0.25) is 4.90 Å². The number of piperidine rings is 1. The van der Waals surface area contributed by atoms with Crippen LogP contribution in [0.15, 0.2) is 24.3 Å². The van der Waals surface area contributed by atoms with E-state index in [1.165, 1.54) is 0 Å². The third kappa shape index (κ3) is 8.08. The van der Waals surface area contributed by atoms with Crippen molar-refractivity contribution in [3.63, 3.8) is 0 Å². The largest absolute Gasteiger partial charge is 0.523 e. The summed E-state index contributed by atoms with van der Waals surface area (Å²) in [4.78, 5) is 132. The van der Waals surface area contributed by atoms with Crippen LogP contribution in [0.5, 0.6) is 5.75 Å². The quantitative estimate of drug-likeness (QED) is 0.0393. The van der Waals surface area contributed by atoms with Crippen molar-refractivity contribution in [2.75, 3.05) is 13.1 Å². The summed E-state index contributed by atoms with van der Waals surface area (Å²) in [6.07, 6.45) is -35.1. The number of likely N-dealkylation sites (tertiary alicyclic amines) is 1. The first-order valence-corrected chi connectivity index (χ1v) is 20.7. The zero-order valence-electron chi connectivity index (χ0n) is 36.6. The Morgan fingerprint density at radius 1 is 0.639 bits per heavy atom. The molecule has 2 unspecified atom stereocenters. The Morgan fingerprint density at radius 3 is 1.51 bits per heavy atom. The van der Waals surface area contributed by atoms with Gasteiger partial charge in [0.05, 0.1) is 11.0 Å². The molecule has 0 aromatic heterocycles. The van der Waals surface area contributed by atoms with E-state index in [4.69, 9.17) is 18.9 Å². The van der Waals surface area contributed by atoms with Gasteiger partial charge in [0.25, 0.3) is 0 Å². The molecule has 1 spiro atoms. The third-order valence-electron chi connectivity index (χ3n) is 12.9. The second kappa shape index (κ2) is 18.3. The van der Waals surface area contributed by atoms with Crippen molar-refractivity contribution in [3.8, 4) is 5.75 Å². The first-order chi connectivity index (χ1) is 33.5. The van der Waals surface area contributed by atoms with Crippen molar-refractivity contribution in [2.24, 2.45) is 5.92 Å². The zero-order chi connectivity index (χ0) is 53.7. The summed E-state index contributed by atoms with van der Waals surface area (Å²) in [6.45, 7) is 5.86. The molecule has 5 atom stereocenters. The molecule has 33 nitrogen and oxygen atoms in total. The highest BCUT2D eigenvalue weighted by Crippen LogP contribution is 2.69. The van der Waals surface area contributed by atoms with Crippen LogP contribution in [0, 0.1) is 5.92 Å². The highest BCUT2D eigenvalue weighted by molar-refractivity contribution is 5.72. The van der Waals surface area contributed by atoms with Gasteiger partial charge in [-0.25, -0.2) is 47.9 Å². The van der Waals surface area contributed by atoms with Gasteiger partial charge in [-0.1, -0.05) is 32.1 Å². The number of ether oxygens (including phenoxy) is 11. The van der Waals surface area contributed by atoms with Crippen LogP contribution in [0.2, 0.25) is 0 Å². The maximum Gasteiger partial charge on any atom is 0.523 e. The molecule has 5 aliphatic rings. The summed E-state index contributed by atoms with van der Waals surface area (Å²) in [6, 6.07) is 1.12. The molecule has 33 heteroatoms. The average molecular weight is 1040 g/mol. The van der Waals surface area contributed by atoms with Gasteiger partial charge in [-0.2, -0.15) is 0 Å². The molecule has 3 aliphatic carbocycles. The summed E-state index contributed by atoms with van der Waals surface area (Å²) in [7, 11) is 0. The minimum Gasteiger partial charge on any atom is -0.484 e. The molecule has 0 radical (unpaired) electrons. The molecule has 1 saturated heterocycles. The maximum absolute atomic E-state index is 13.4. The van der Waals surface area contributed by atoms with Gasteiger partial charge in [-0.15, -0.1) is 0 Å². The molecule has 1 aromatic carbocycles. The fraction of sp³-hybridized carbons (Fsp3) is 0.538. The maximum atomic E-state index is 13.4. The van der Waals surface area contributed by atoms with Gasteiger partial charge in [0.15, 0.2) is 0 Å². The van der Waals surface area contributed by atoms with Crippen LogP contribution in [-0.2, 0) is 64.8 Å². The van der Waals surface area contributed by atoms with Gasteiger partial charge in [0.2, 0.25) is 5.60 Å². The molecule has 11 N–H and O–H groups in total. The van der Waals surface area contributed by atoms with E-state index in [0.717, 1.165) is 25.8 Å². The first-order valence-electron chi connectivity index (χ1n) is 20.7. The second-order valence-electron chi connectivity index (χ2n) is 16.6. The Kier molecular flexibility index (Phi) is 13.4. The summed E-state index contributed by atoms with van der Waals surface area (Å²) < 4.78 is 51.7. The van der Waals surface area contributed by atoms with Crippen LogP contribution < -0.4 is 4.74 Å². The molecule has 0 amide bonds. The van der Waals surface area contributed by atoms with Gasteiger partial charge < -0.3 is 108 Å². The average Bonchev–Trinajstić information content (AvgIpc) is 3.96. The van der Waals surface area contributed by atoms with Crippen molar-refractivity contribution < 1.29 is 156 Å². The van der Waals surface area contributed by atoms with Crippen LogP contribution >= 0.6 is 0 Å². The number of aliphatic hydroxyl groups is 1. The SMILES string of the molecule is C=C1CC[C@@]2(O)C3Cc4ccc(C(CCC)(OC(=O)O)C(OC(=O)O)(OC(=O)O)C(OC(=O)O)(OC(=O)O)C(OC(=O)O)(OC(=O)O)C(OC(=O)O)(OC(=O)O)OC(=O)O)c5c4[C@@]2(CCN3CC2CC2)[C@H]1O5. The van der Waals surface area contributed by atoms with E-state index < -0.39 is 138 Å². The lowest BCUT2D eigenvalue weighted by Crippen LogP contribution is -2.87. The van der Waals surface area contributed by atoms with Crippen LogP contribution in [0.4, 0.5) is 47.9 Å². The molecule has 6 rings (SSSR count). The van der Waals surface area contributed by atoms with Gasteiger partial charge >= 0.3 is 84.9 Å². The van der Waals surface area contributed by atoms with Crippen LogP contribution in [0.3, 0.4) is 0 Å². The van der Waals surface area contributed by atoms with E-state index in [2.05, 4.69) is 44.6 Å². The third-order valence-corrected chi connectivity index (χ3v) is 12.9. The zero-order valence-corrected chi connectivity index (χ0v) is 36.6. The summed E-state index contributed by atoms with van der Waals surface area (Å²) in [5, 5.41) is 116. The molecule has 72 heavy (non-hydrogen) atoms. The Balaban J connectivity index is 1.95. The first kappa shape index (κ1) is 52.7. The number of nitrogens with zero attached hydrogens (tertiary/aromatic N) is 1. The van der Waals surface area contributed by atoms with Gasteiger partial charge in [0, 0.05) is 23.7 Å². The van der Waals surface area contributed by atoms with E-state index in [-0.39, 0.29) is 54.8 Å². The molecule has 394 valence electrons. The predicted molar refractivity (Wildman–Crippen MR) is 211 cm³/mol. The lowest BCUT2D eigenvalue weighted by atomic mass is 9.48. The molecule has 2 aliphatic heterocycles. The highest BCUT2D eigenvalue weighted by atomic mass is 17.0. The van der Waals surface area contributed by atoms with E-state index in [1.54, 1.807) is 0 Å². The van der Waals surface area contributed by atoms with Crippen molar-refractivity contribution >= 4 is 61.6 Å². The van der Waals surface area contributed by atoms with Crippen LogP contribution in [0.25, 0.3) is 0 Å². The molecule has 2 saturated carbocycles. The highest BCUT2D eigenvalue weighted by Gasteiger charge is 2.97. The van der Waals surface area contributed by atoms with Gasteiger partial charge in [0.1, 0.15) is 11.9 Å². The fourth-order valence-corrected chi connectivity index (χ4v) is 10.8. The molecule has 1 aromatic rings. The predicted octanol–water partition coefficient (Wildman–Crippen LogP) is 4.49. The summed E-state index contributed by atoms with van der Waals surface area (Å²) in [5.41, 5.74) is -8.85. The number of rotatable bonds is 19. The molecule has 2 heterocycles. The number of hydrogen-bond donors (Lipinski definition) is 11. The topological polar surface area (TPSA) is 498 Å².